The van der Waals surface area contributed by atoms with Crippen molar-refractivity contribution in [3.05, 3.63) is 64.7 Å². The van der Waals surface area contributed by atoms with Crippen molar-refractivity contribution < 1.29 is 4.74 Å². The van der Waals surface area contributed by atoms with Gasteiger partial charge < -0.3 is 4.74 Å². The Balaban J connectivity index is 2.14. The van der Waals surface area contributed by atoms with Gasteiger partial charge >= 0.3 is 0 Å². The van der Waals surface area contributed by atoms with Crippen LogP contribution in [-0.4, -0.2) is 15.2 Å². The van der Waals surface area contributed by atoms with Gasteiger partial charge in [0.25, 0.3) is 0 Å². The number of methoxy groups -OCH3 is 1. The molecule has 0 amide bonds. The van der Waals surface area contributed by atoms with Crippen LogP contribution in [0.2, 0.25) is 13.1 Å². The minimum atomic E-state index is -1.74. The molecule has 1 atom stereocenters. The maximum atomic E-state index is 5.78. The van der Waals surface area contributed by atoms with Crippen molar-refractivity contribution in [3.63, 3.8) is 0 Å². The molecule has 2 aromatic carbocycles. The Bertz CT molecular complexity index is 743. The van der Waals surface area contributed by atoms with Gasteiger partial charge in [0.15, 0.2) is 0 Å². The Labute approximate surface area is 134 Å². The summed E-state index contributed by atoms with van der Waals surface area (Å²) in [5.41, 5.74) is 5.92. The van der Waals surface area contributed by atoms with Gasteiger partial charge in [0, 0.05) is 5.54 Å². The summed E-state index contributed by atoms with van der Waals surface area (Å²) < 4.78 is 5.78. The van der Waals surface area contributed by atoms with Crippen molar-refractivity contribution in [2.45, 2.75) is 32.5 Å². The summed E-state index contributed by atoms with van der Waals surface area (Å²) in [6.45, 7) is 9.25. The van der Waals surface area contributed by atoms with Crippen LogP contribution >= 0.6 is 0 Å². The lowest BCUT2D eigenvalue weighted by atomic mass is 10.1. The molecule has 2 aromatic rings. The lowest BCUT2D eigenvalue weighted by Gasteiger charge is -2.32. The number of ether oxygens (including phenoxy) is 1. The minimum absolute atomic E-state index is 0.513. The summed E-state index contributed by atoms with van der Waals surface area (Å²) in [5.74, 6) is 1.08. The number of fused-ring (bicyclic) bond motifs is 1. The molecule has 0 bridgehead atoms. The molecule has 1 unspecified atom stereocenters. The van der Waals surface area contributed by atoms with Crippen molar-refractivity contribution in [1.29, 1.82) is 0 Å². The third-order valence-electron chi connectivity index (χ3n) is 4.89. The summed E-state index contributed by atoms with van der Waals surface area (Å²) in [4.78, 5) is 0. The van der Waals surface area contributed by atoms with E-state index >= 15 is 0 Å². The van der Waals surface area contributed by atoms with Crippen molar-refractivity contribution in [2.75, 3.05) is 7.11 Å². The van der Waals surface area contributed by atoms with Crippen molar-refractivity contribution in [2.24, 2.45) is 0 Å². The first-order valence-corrected chi connectivity index (χ1v) is 11.0. The molecule has 0 aromatic heterocycles. The van der Waals surface area contributed by atoms with E-state index in [9.17, 15) is 0 Å². The smallest absolute Gasteiger partial charge is 0.121 e. The first-order valence-electron chi connectivity index (χ1n) is 7.88. The van der Waals surface area contributed by atoms with Crippen LogP contribution in [0.15, 0.2) is 42.5 Å². The van der Waals surface area contributed by atoms with Crippen LogP contribution in [0.1, 0.15) is 27.8 Å². The second kappa shape index (κ2) is 5.44. The first-order chi connectivity index (χ1) is 10.4. The van der Waals surface area contributed by atoms with Crippen LogP contribution in [0.4, 0.5) is 0 Å². The number of rotatable bonds is 3. The Kier molecular flexibility index (Phi) is 3.73. The third kappa shape index (κ3) is 2.32. The van der Waals surface area contributed by atoms with Crippen LogP contribution in [0.5, 0.6) is 5.75 Å². The Morgan fingerprint density at radius 2 is 1.77 bits per heavy atom. The zero-order chi connectivity index (χ0) is 15.9. The van der Waals surface area contributed by atoms with Crippen LogP contribution in [0, 0.1) is 13.8 Å². The molecule has 2 heteroatoms. The highest BCUT2D eigenvalue weighted by Crippen LogP contribution is 2.38. The highest BCUT2D eigenvalue weighted by Gasteiger charge is 2.38. The van der Waals surface area contributed by atoms with Crippen molar-refractivity contribution in [1.82, 2.24) is 0 Å². The lowest BCUT2D eigenvalue weighted by molar-refractivity contribution is 0.414. The summed E-state index contributed by atoms with van der Waals surface area (Å²) in [6, 6.07) is 13.3. The summed E-state index contributed by atoms with van der Waals surface area (Å²) in [5, 5.41) is 1.43. The largest absolute Gasteiger partial charge is 0.497 e. The molecule has 0 spiro atoms. The third-order valence-corrected chi connectivity index (χ3v) is 8.71. The molecular weight excluding hydrogens is 284 g/mol. The van der Waals surface area contributed by atoms with E-state index in [1.807, 2.05) is 0 Å². The van der Waals surface area contributed by atoms with E-state index in [1.54, 1.807) is 7.11 Å². The molecule has 0 N–H and O–H groups in total. The lowest BCUT2D eigenvalue weighted by Crippen LogP contribution is -2.47. The molecule has 1 nitrogen and oxygen atoms in total. The van der Waals surface area contributed by atoms with E-state index in [0.29, 0.717) is 5.54 Å². The number of benzene rings is 2. The fraction of sp³-hybridized carbons (Fsp3) is 0.300. The average Bonchev–Trinajstić information content (AvgIpc) is 2.91. The van der Waals surface area contributed by atoms with E-state index in [-0.39, 0.29) is 0 Å². The highest BCUT2D eigenvalue weighted by molar-refractivity contribution is 6.92. The molecule has 0 aliphatic heterocycles. The average molecular weight is 308 g/mol. The predicted molar refractivity (Wildman–Crippen MR) is 97.8 cm³/mol. The fourth-order valence-corrected chi connectivity index (χ4v) is 7.19. The van der Waals surface area contributed by atoms with E-state index in [4.69, 9.17) is 4.74 Å². The topological polar surface area (TPSA) is 9.23 Å². The normalized spacial score (nSPS) is 16.7. The monoisotopic (exact) mass is 308 g/mol. The van der Waals surface area contributed by atoms with Crippen LogP contribution in [0.25, 0.3) is 6.08 Å². The van der Waals surface area contributed by atoms with E-state index in [1.165, 1.54) is 27.4 Å². The second-order valence-electron chi connectivity index (χ2n) is 6.85. The van der Waals surface area contributed by atoms with Crippen molar-refractivity contribution >= 4 is 19.3 Å². The molecule has 3 rings (SSSR count). The van der Waals surface area contributed by atoms with Gasteiger partial charge in [0.1, 0.15) is 5.75 Å². The molecule has 0 saturated carbocycles. The SMILES string of the molecule is COc1c(C)cc(C)cc1[Si](C)(C)C1C=Cc2ccccc21. The highest BCUT2D eigenvalue weighted by atomic mass is 28.3. The van der Waals surface area contributed by atoms with E-state index < -0.39 is 8.07 Å². The van der Waals surface area contributed by atoms with E-state index in [0.717, 1.165) is 5.75 Å². The predicted octanol–water partition coefficient (Wildman–Crippen LogP) is 4.58. The molecule has 1 aliphatic carbocycles. The summed E-state index contributed by atoms with van der Waals surface area (Å²) >= 11 is 0. The van der Waals surface area contributed by atoms with Gasteiger partial charge in [-0.05, 0) is 35.7 Å². The maximum absolute atomic E-state index is 5.78. The van der Waals surface area contributed by atoms with Crippen LogP contribution in [-0.2, 0) is 0 Å². The van der Waals surface area contributed by atoms with Gasteiger partial charge in [0.2, 0.25) is 0 Å². The minimum Gasteiger partial charge on any atom is -0.497 e. The van der Waals surface area contributed by atoms with Crippen LogP contribution in [0.3, 0.4) is 0 Å². The Morgan fingerprint density at radius 1 is 1.05 bits per heavy atom. The zero-order valence-electron chi connectivity index (χ0n) is 14.1. The summed E-state index contributed by atoms with van der Waals surface area (Å²) in [7, 11) is 0.0580. The Hall–Kier alpha value is -1.80. The van der Waals surface area contributed by atoms with Gasteiger partial charge in [-0.25, -0.2) is 0 Å². The molecule has 1 aliphatic rings. The van der Waals surface area contributed by atoms with E-state index in [2.05, 4.69) is 75.5 Å². The number of hydrogen-bond acceptors (Lipinski definition) is 1. The molecule has 114 valence electrons. The quantitative estimate of drug-likeness (QED) is 0.754. The van der Waals surface area contributed by atoms with Gasteiger partial charge in [-0.2, -0.15) is 0 Å². The molecule has 0 heterocycles. The molecule has 0 radical (unpaired) electrons. The number of hydrogen-bond donors (Lipinski definition) is 0. The number of aryl methyl sites for hydroxylation is 2. The number of allylic oxidation sites excluding steroid dienone is 1. The fourth-order valence-electron chi connectivity index (χ4n) is 3.75. The van der Waals surface area contributed by atoms with Crippen LogP contribution < -0.4 is 9.92 Å². The molecule has 0 saturated heterocycles. The van der Waals surface area contributed by atoms with Gasteiger partial charge in [-0.1, -0.05) is 67.2 Å². The first kappa shape index (κ1) is 15.1. The maximum Gasteiger partial charge on any atom is 0.121 e. The Morgan fingerprint density at radius 3 is 2.50 bits per heavy atom. The molecule has 0 fully saturated rings. The summed E-state index contributed by atoms with van der Waals surface area (Å²) in [6.07, 6.45) is 4.68. The molecule has 22 heavy (non-hydrogen) atoms. The van der Waals surface area contributed by atoms with Gasteiger partial charge in [0.05, 0.1) is 15.2 Å². The molecular formula is C20H24OSi. The van der Waals surface area contributed by atoms with Gasteiger partial charge in [-0.3, -0.25) is 0 Å². The zero-order valence-corrected chi connectivity index (χ0v) is 15.1. The van der Waals surface area contributed by atoms with Crippen molar-refractivity contribution in [3.8, 4) is 5.75 Å². The second-order valence-corrected chi connectivity index (χ2v) is 11.5. The van der Waals surface area contributed by atoms with Gasteiger partial charge in [-0.15, -0.1) is 0 Å². The standard InChI is InChI=1S/C20H24OSi/c1-14-12-15(2)20(21-3)19(13-14)22(4,5)18-11-10-16-8-6-7-9-17(16)18/h6-13,18H,1-5H3.